The first-order valence-electron chi connectivity index (χ1n) is 5.09. The molecule has 5 heteroatoms. The lowest BCUT2D eigenvalue weighted by Crippen LogP contribution is -2.20. The molecule has 0 atom stereocenters. The molecule has 2 rings (SSSR count). The van der Waals surface area contributed by atoms with E-state index in [1.807, 2.05) is 6.20 Å². The summed E-state index contributed by atoms with van der Waals surface area (Å²) in [6, 6.07) is 0.773. The molecule has 14 heavy (non-hydrogen) atoms. The van der Waals surface area contributed by atoms with Gasteiger partial charge in [0, 0.05) is 25.3 Å². The average molecular weight is 195 g/mol. The standard InChI is InChI=1S/C9H17N5/c1-13(9-2-3-9)6-8-7-14(5-4-10)12-11-8/h7,9H,2-6,10H2,1H3. The first kappa shape index (κ1) is 9.61. The highest BCUT2D eigenvalue weighted by Gasteiger charge is 2.26. The summed E-state index contributed by atoms with van der Waals surface area (Å²) in [7, 11) is 2.14. The minimum atomic E-state index is 0.612. The molecule has 5 nitrogen and oxygen atoms in total. The van der Waals surface area contributed by atoms with Crippen LogP contribution in [0.1, 0.15) is 18.5 Å². The molecule has 78 valence electrons. The Labute approximate surface area is 83.9 Å². The number of nitrogens with zero attached hydrogens (tertiary/aromatic N) is 4. The van der Waals surface area contributed by atoms with Crippen LogP contribution in [0.3, 0.4) is 0 Å². The lowest BCUT2D eigenvalue weighted by atomic mass is 10.4. The molecular formula is C9H17N5. The Morgan fingerprint density at radius 3 is 3.07 bits per heavy atom. The van der Waals surface area contributed by atoms with E-state index in [1.54, 1.807) is 4.68 Å². The van der Waals surface area contributed by atoms with Gasteiger partial charge in [-0.3, -0.25) is 9.58 Å². The molecule has 1 aliphatic carbocycles. The van der Waals surface area contributed by atoms with Crippen LogP contribution in [0.2, 0.25) is 0 Å². The summed E-state index contributed by atoms with van der Waals surface area (Å²) in [4.78, 5) is 2.33. The molecule has 2 N–H and O–H groups in total. The van der Waals surface area contributed by atoms with Crippen molar-refractivity contribution in [3.05, 3.63) is 11.9 Å². The summed E-state index contributed by atoms with van der Waals surface area (Å²) in [5.74, 6) is 0. The van der Waals surface area contributed by atoms with E-state index in [4.69, 9.17) is 5.73 Å². The van der Waals surface area contributed by atoms with E-state index in [-0.39, 0.29) is 0 Å². The number of nitrogens with two attached hydrogens (primary N) is 1. The highest BCUT2D eigenvalue weighted by molar-refractivity contribution is 4.94. The van der Waals surface area contributed by atoms with E-state index < -0.39 is 0 Å². The van der Waals surface area contributed by atoms with E-state index in [9.17, 15) is 0 Å². The third kappa shape index (κ3) is 2.30. The van der Waals surface area contributed by atoms with Crippen molar-refractivity contribution in [2.24, 2.45) is 5.73 Å². The SMILES string of the molecule is CN(Cc1cn(CCN)nn1)C1CC1. The molecule has 1 aliphatic rings. The van der Waals surface area contributed by atoms with Crippen LogP contribution in [0, 0.1) is 0 Å². The lowest BCUT2D eigenvalue weighted by molar-refractivity contribution is 0.312. The molecule has 1 aromatic heterocycles. The van der Waals surface area contributed by atoms with Crippen molar-refractivity contribution in [1.29, 1.82) is 0 Å². The van der Waals surface area contributed by atoms with E-state index in [0.29, 0.717) is 6.54 Å². The van der Waals surface area contributed by atoms with Gasteiger partial charge in [-0.1, -0.05) is 5.21 Å². The summed E-state index contributed by atoms with van der Waals surface area (Å²) in [6.45, 7) is 2.26. The van der Waals surface area contributed by atoms with E-state index >= 15 is 0 Å². The maximum absolute atomic E-state index is 5.43. The van der Waals surface area contributed by atoms with Crippen LogP contribution in [0.15, 0.2) is 6.20 Å². The van der Waals surface area contributed by atoms with Gasteiger partial charge < -0.3 is 5.73 Å². The van der Waals surface area contributed by atoms with Crippen molar-refractivity contribution in [3.63, 3.8) is 0 Å². The number of hydrogen-bond donors (Lipinski definition) is 1. The average Bonchev–Trinajstić information content (AvgIpc) is 2.92. The quantitative estimate of drug-likeness (QED) is 0.708. The Bertz CT molecular complexity index is 291. The Balaban J connectivity index is 1.88. The predicted octanol–water partition coefficient (Wildman–Crippen LogP) is -0.169. The van der Waals surface area contributed by atoms with Crippen LogP contribution in [-0.2, 0) is 13.1 Å². The predicted molar refractivity (Wildman–Crippen MR) is 53.6 cm³/mol. The second kappa shape index (κ2) is 4.06. The minimum Gasteiger partial charge on any atom is -0.329 e. The highest BCUT2D eigenvalue weighted by Crippen LogP contribution is 2.26. The van der Waals surface area contributed by atoms with Gasteiger partial charge in [0.1, 0.15) is 0 Å². The minimum absolute atomic E-state index is 0.612. The monoisotopic (exact) mass is 195 g/mol. The molecule has 1 saturated carbocycles. The largest absolute Gasteiger partial charge is 0.329 e. The fourth-order valence-corrected chi connectivity index (χ4v) is 1.55. The molecule has 0 bridgehead atoms. The number of rotatable bonds is 5. The van der Waals surface area contributed by atoms with Gasteiger partial charge in [-0.25, -0.2) is 0 Å². The molecule has 0 radical (unpaired) electrons. The summed E-state index contributed by atoms with van der Waals surface area (Å²) < 4.78 is 1.80. The molecule has 0 aliphatic heterocycles. The van der Waals surface area contributed by atoms with Gasteiger partial charge in [0.15, 0.2) is 0 Å². The van der Waals surface area contributed by atoms with Gasteiger partial charge in [-0.15, -0.1) is 5.10 Å². The third-order valence-corrected chi connectivity index (χ3v) is 2.53. The summed E-state index contributed by atoms with van der Waals surface area (Å²) in [5, 5.41) is 8.10. The Hall–Kier alpha value is -0.940. The molecule has 0 aromatic carbocycles. The lowest BCUT2D eigenvalue weighted by Gasteiger charge is -2.12. The Kier molecular flexibility index (Phi) is 2.79. The smallest absolute Gasteiger partial charge is 0.0967 e. The fourth-order valence-electron chi connectivity index (χ4n) is 1.55. The van der Waals surface area contributed by atoms with Crippen molar-refractivity contribution in [1.82, 2.24) is 19.9 Å². The second-order valence-corrected chi connectivity index (χ2v) is 3.91. The van der Waals surface area contributed by atoms with Gasteiger partial charge in [0.05, 0.1) is 12.2 Å². The summed E-state index contributed by atoms with van der Waals surface area (Å²) in [6.07, 6.45) is 4.63. The highest BCUT2D eigenvalue weighted by atomic mass is 15.4. The molecule has 1 fully saturated rings. The van der Waals surface area contributed by atoms with Gasteiger partial charge >= 0.3 is 0 Å². The van der Waals surface area contributed by atoms with Gasteiger partial charge in [0.2, 0.25) is 0 Å². The van der Waals surface area contributed by atoms with Gasteiger partial charge in [0.25, 0.3) is 0 Å². The van der Waals surface area contributed by atoms with E-state index in [1.165, 1.54) is 12.8 Å². The fraction of sp³-hybridized carbons (Fsp3) is 0.778. The normalized spacial score (nSPS) is 16.5. The first-order chi connectivity index (χ1) is 6.79. The molecule has 0 amide bonds. The van der Waals surface area contributed by atoms with E-state index in [2.05, 4.69) is 22.3 Å². The summed E-state index contributed by atoms with van der Waals surface area (Å²) >= 11 is 0. The van der Waals surface area contributed by atoms with Gasteiger partial charge in [-0.05, 0) is 19.9 Å². The summed E-state index contributed by atoms with van der Waals surface area (Å²) in [5.41, 5.74) is 6.47. The molecule has 1 heterocycles. The van der Waals surface area contributed by atoms with Gasteiger partial charge in [-0.2, -0.15) is 0 Å². The van der Waals surface area contributed by atoms with Crippen LogP contribution in [-0.4, -0.2) is 39.5 Å². The first-order valence-corrected chi connectivity index (χ1v) is 5.09. The van der Waals surface area contributed by atoms with Crippen molar-refractivity contribution >= 4 is 0 Å². The Morgan fingerprint density at radius 1 is 1.64 bits per heavy atom. The molecule has 1 aromatic rings. The topological polar surface area (TPSA) is 60.0 Å². The Morgan fingerprint density at radius 2 is 2.43 bits per heavy atom. The number of hydrogen-bond acceptors (Lipinski definition) is 4. The molecule has 0 spiro atoms. The third-order valence-electron chi connectivity index (χ3n) is 2.53. The maximum atomic E-state index is 5.43. The zero-order chi connectivity index (χ0) is 9.97. The van der Waals surface area contributed by atoms with Crippen molar-refractivity contribution < 1.29 is 0 Å². The van der Waals surface area contributed by atoms with E-state index in [0.717, 1.165) is 24.8 Å². The van der Waals surface area contributed by atoms with Crippen molar-refractivity contribution in [2.75, 3.05) is 13.6 Å². The number of aromatic nitrogens is 3. The van der Waals surface area contributed by atoms with Crippen LogP contribution in [0.5, 0.6) is 0 Å². The molecular weight excluding hydrogens is 178 g/mol. The van der Waals surface area contributed by atoms with Crippen LogP contribution < -0.4 is 5.73 Å². The molecule has 0 unspecified atom stereocenters. The molecule has 0 saturated heterocycles. The van der Waals surface area contributed by atoms with Crippen LogP contribution in [0.25, 0.3) is 0 Å². The zero-order valence-corrected chi connectivity index (χ0v) is 8.56. The zero-order valence-electron chi connectivity index (χ0n) is 8.56. The van der Waals surface area contributed by atoms with Crippen LogP contribution >= 0.6 is 0 Å². The second-order valence-electron chi connectivity index (χ2n) is 3.91. The van der Waals surface area contributed by atoms with Crippen LogP contribution in [0.4, 0.5) is 0 Å². The maximum Gasteiger partial charge on any atom is 0.0967 e. The van der Waals surface area contributed by atoms with Crippen molar-refractivity contribution in [3.8, 4) is 0 Å². The van der Waals surface area contributed by atoms with Crippen molar-refractivity contribution in [2.45, 2.75) is 32.0 Å².